The second-order valence-electron chi connectivity index (χ2n) is 7.59. The maximum absolute atomic E-state index is 12.5. The number of hydrogen-bond acceptors (Lipinski definition) is 7. The molecule has 0 bridgehead atoms. The Bertz CT molecular complexity index is 1200. The summed E-state index contributed by atoms with van der Waals surface area (Å²) in [5.41, 5.74) is 2.60. The van der Waals surface area contributed by atoms with Crippen molar-refractivity contribution in [3.63, 3.8) is 0 Å². The minimum atomic E-state index is -1.01. The lowest BCUT2D eigenvalue weighted by atomic mass is 10.0. The van der Waals surface area contributed by atoms with Crippen LogP contribution in [-0.4, -0.2) is 37.2 Å². The van der Waals surface area contributed by atoms with Gasteiger partial charge in [0.2, 0.25) is 0 Å². The molecule has 0 spiro atoms. The normalized spacial score (nSPS) is 12.9. The summed E-state index contributed by atoms with van der Waals surface area (Å²) in [6.45, 7) is 3.77. The number of rotatable bonds is 6. The summed E-state index contributed by atoms with van der Waals surface area (Å²) < 4.78 is 21.3. The number of amides is 1. The van der Waals surface area contributed by atoms with E-state index in [0.29, 0.717) is 41.7 Å². The van der Waals surface area contributed by atoms with E-state index < -0.39 is 18.0 Å². The molecule has 0 fully saturated rings. The monoisotopic (exact) mass is 461 g/mol. The van der Waals surface area contributed by atoms with Crippen molar-refractivity contribution in [2.24, 2.45) is 0 Å². The largest absolute Gasteiger partial charge is 0.486 e. The van der Waals surface area contributed by atoms with Crippen LogP contribution in [0.25, 0.3) is 11.1 Å². The molecule has 1 aliphatic rings. The molecule has 0 aliphatic carbocycles. The highest BCUT2D eigenvalue weighted by Crippen LogP contribution is 2.32. The van der Waals surface area contributed by atoms with E-state index in [1.807, 2.05) is 12.1 Å². The van der Waals surface area contributed by atoms with Gasteiger partial charge in [-0.05, 0) is 54.4 Å². The zero-order valence-corrected chi connectivity index (χ0v) is 18.7. The number of carbonyl (C=O) groups is 3. The number of ether oxygens (including phenoxy) is 4. The van der Waals surface area contributed by atoms with Gasteiger partial charge in [0.15, 0.2) is 17.6 Å². The van der Waals surface area contributed by atoms with Crippen molar-refractivity contribution < 1.29 is 33.3 Å². The van der Waals surface area contributed by atoms with E-state index in [0.717, 1.165) is 11.1 Å². The Morgan fingerprint density at radius 2 is 1.47 bits per heavy atom. The summed E-state index contributed by atoms with van der Waals surface area (Å²) in [6, 6.07) is 18.9. The minimum absolute atomic E-state index is 0.319. The van der Waals surface area contributed by atoms with Gasteiger partial charge in [-0.2, -0.15) is 0 Å². The Kier molecular flexibility index (Phi) is 6.77. The molecule has 34 heavy (non-hydrogen) atoms. The molecule has 3 aromatic rings. The quantitative estimate of drug-likeness (QED) is 0.433. The number of anilines is 1. The number of benzene rings is 3. The molecule has 174 valence electrons. The Hall–Kier alpha value is -4.33. The van der Waals surface area contributed by atoms with Crippen LogP contribution in [0.3, 0.4) is 0 Å². The summed E-state index contributed by atoms with van der Waals surface area (Å²) in [4.78, 5) is 36.0. The zero-order valence-electron chi connectivity index (χ0n) is 18.7. The smallest absolute Gasteiger partial charge is 0.338 e. The maximum Gasteiger partial charge on any atom is 0.338 e. The van der Waals surface area contributed by atoms with Crippen LogP contribution in [0.5, 0.6) is 17.2 Å². The second-order valence-corrected chi connectivity index (χ2v) is 7.59. The van der Waals surface area contributed by atoms with Gasteiger partial charge in [0.1, 0.15) is 19.0 Å². The second kappa shape index (κ2) is 10.1. The van der Waals surface area contributed by atoms with Crippen molar-refractivity contribution in [3.8, 4) is 28.4 Å². The predicted octanol–water partition coefficient (Wildman–Crippen LogP) is 4.23. The Labute approximate surface area is 196 Å². The molecule has 4 rings (SSSR count). The van der Waals surface area contributed by atoms with Gasteiger partial charge in [-0.25, -0.2) is 4.79 Å². The molecular weight excluding hydrogens is 438 g/mol. The molecule has 1 heterocycles. The molecule has 0 unspecified atom stereocenters. The lowest BCUT2D eigenvalue weighted by molar-refractivity contribution is -0.131. The fraction of sp³-hybridized carbons (Fsp3) is 0.192. The van der Waals surface area contributed by atoms with Crippen LogP contribution in [0, 0.1) is 0 Å². The van der Waals surface area contributed by atoms with Crippen LogP contribution in [0.15, 0.2) is 66.7 Å². The molecular formula is C26H23NO7. The van der Waals surface area contributed by atoms with Gasteiger partial charge in [-0.1, -0.05) is 24.3 Å². The van der Waals surface area contributed by atoms with E-state index in [2.05, 4.69) is 5.32 Å². The lowest BCUT2D eigenvalue weighted by Crippen LogP contribution is -2.30. The lowest BCUT2D eigenvalue weighted by Gasteiger charge is -2.19. The van der Waals surface area contributed by atoms with Gasteiger partial charge in [0.05, 0.1) is 5.56 Å². The van der Waals surface area contributed by atoms with Crippen molar-refractivity contribution in [3.05, 3.63) is 72.3 Å². The number of carbonyl (C=O) groups excluding carboxylic acids is 3. The molecule has 1 atom stereocenters. The highest BCUT2D eigenvalue weighted by Gasteiger charge is 2.20. The summed E-state index contributed by atoms with van der Waals surface area (Å²) in [7, 11) is 0. The maximum atomic E-state index is 12.5. The first-order valence-corrected chi connectivity index (χ1v) is 10.7. The van der Waals surface area contributed by atoms with E-state index >= 15 is 0 Å². The van der Waals surface area contributed by atoms with Crippen molar-refractivity contribution in [1.29, 1.82) is 0 Å². The first kappa shape index (κ1) is 22.8. The van der Waals surface area contributed by atoms with E-state index in [9.17, 15) is 14.4 Å². The average molecular weight is 461 g/mol. The van der Waals surface area contributed by atoms with Crippen molar-refractivity contribution in [1.82, 2.24) is 0 Å². The molecule has 8 heteroatoms. The van der Waals surface area contributed by atoms with Crippen LogP contribution in [0.4, 0.5) is 5.69 Å². The van der Waals surface area contributed by atoms with Crippen molar-refractivity contribution in [2.75, 3.05) is 18.5 Å². The van der Waals surface area contributed by atoms with Crippen LogP contribution in [0.2, 0.25) is 0 Å². The molecule has 3 aromatic carbocycles. The third-order valence-corrected chi connectivity index (χ3v) is 5.03. The third-order valence-electron chi connectivity index (χ3n) is 5.03. The average Bonchev–Trinajstić information content (AvgIpc) is 2.84. The van der Waals surface area contributed by atoms with Crippen LogP contribution in [-0.2, 0) is 14.3 Å². The standard InChI is InChI=1S/C26H23NO7/c1-16(25(29)27-21-9-12-23-24(15-21)32-14-13-31-23)33-26(30)20-5-3-18(4-6-20)19-7-10-22(11-8-19)34-17(2)28/h3-12,15-16H,13-14H2,1-2H3,(H,27,29)/t16-/m0/s1. The van der Waals surface area contributed by atoms with E-state index in [-0.39, 0.29) is 5.97 Å². The minimum Gasteiger partial charge on any atom is -0.486 e. The van der Waals surface area contributed by atoms with Gasteiger partial charge in [0.25, 0.3) is 5.91 Å². The fourth-order valence-electron chi connectivity index (χ4n) is 3.33. The molecule has 1 amide bonds. The molecule has 0 radical (unpaired) electrons. The van der Waals surface area contributed by atoms with Gasteiger partial charge < -0.3 is 24.3 Å². The van der Waals surface area contributed by atoms with E-state index in [1.165, 1.54) is 13.8 Å². The van der Waals surface area contributed by atoms with Gasteiger partial charge in [-0.15, -0.1) is 0 Å². The van der Waals surface area contributed by atoms with Crippen molar-refractivity contribution in [2.45, 2.75) is 20.0 Å². The summed E-state index contributed by atoms with van der Waals surface area (Å²) >= 11 is 0. The number of nitrogens with one attached hydrogen (secondary N) is 1. The van der Waals surface area contributed by atoms with Gasteiger partial charge in [0, 0.05) is 18.7 Å². The first-order valence-electron chi connectivity index (χ1n) is 10.7. The molecule has 0 aromatic heterocycles. The SMILES string of the molecule is CC(=O)Oc1ccc(-c2ccc(C(=O)O[C@@H](C)C(=O)Nc3ccc4c(c3)OCCO4)cc2)cc1. The summed E-state index contributed by atoms with van der Waals surface area (Å²) in [5, 5.41) is 2.71. The third kappa shape index (κ3) is 5.53. The molecule has 0 saturated carbocycles. The molecule has 1 aliphatic heterocycles. The summed E-state index contributed by atoms with van der Waals surface area (Å²) in [5.74, 6) is 0.170. The molecule has 0 saturated heterocycles. The van der Waals surface area contributed by atoms with Crippen LogP contribution >= 0.6 is 0 Å². The van der Waals surface area contributed by atoms with Crippen molar-refractivity contribution >= 4 is 23.5 Å². The number of esters is 2. The highest BCUT2D eigenvalue weighted by molar-refractivity contribution is 5.97. The predicted molar refractivity (Wildman–Crippen MR) is 124 cm³/mol. The van der Waals surface area contributed by atoms with E-state index in [4.69, 9.17) is 18.9 Å². The van der Waals surface area contributed by atoms with Crippen LogP contribution in [0.1, 0.15) is 24.2 Å². The first-order chi connectivity index (χ1) is 16.4. The fourth-order valence-corrected chi connectivity index (χ4v) is 3.33. The van der Waals surface area contributed by atoms with Gasteiger partial charge in [-0.3, -0.25) is 9.59 Å². The topological polar surface area (TPSA) is 100 Å². The molecule has 1 N–H and O–H groups in total. The number of fused-ring (bicyclic) bond motifs is 1. The Morgan fingerprint density at radius 3 is 2.12 bits per heavy atom. The van der Waals surface area contributed by atoms with Crippen LogP contribution < -0.4 is 19.5 Å². The van der Waals surface area contributed by atoms with Gasteiger partial charge >= 0.3 is 11.9 Å². The number of hydrogen-bond donors (Lipinski definition) is 1. The Balaban J connectivity index is 1.34. The van der Waals surface area contributed by atoms with E-state index in [1.54, 1.807) is 54.6 Å². The highest BCUT2D eigenvalue weighted by atomic mass is 16.6. The summed E-state index contributed by atoms with van der Waals surface area (Å²) in [6.07, 6.45) is -1.01. The zero-order chi connectivity index (χ0) is 24.1. The Morgan fingerprint density at radius 1 is 0.853 bits per heavy atom. The molecule has 8 nitrogen and oxygen atoms in total.